The summed E-state index contributed by atoms with van der Waals surface area (Å²) in [5, 5.41) is 23.4. The molecule has 0 aromatic heterocycles. The molecule has 1 aliphatic rings. The Hall–Kier alpha value is -2.48. The van der Waals surface area contributed by atoms with Gasteiger partial charge in [0, 0.05) is 30.3 Å². The van der Waals surface area contributed by atoms with Crippen LogP contribution < -0.4 is 5.32 Å². The number of nitrogens with one attached hydrogen (secondary N) is 1. The van der Waals surface area contributed by atoms with E-state index in [1.54, 1.807) is 0 Å². The summed E-state index contributed by atoms with van der Waals surface area (Å²) >= 11 is 5.84. The van der Waals surface area contributed by atoms with Crippen molar-refractivity contribution in [3.8, 4) is 0 Å². The predicted molar refractivity (Wildman–Crippen MR) is 112 cm³/mol. The second-order valence-corrected chi connectivity index (χ2v) is 7.56. The highest BCUT2D eigenvalue weighted by Crippen LogP contribution is 2.34. The Morgan fingerprint density at radius 2 is 2.10 bits per heavy atom. The molecule has 2 N–H and O–H groups in total. The Bertz CT molecular complexity index is 890. The number of nitrogens with zero attached hydrogens (tertiary/aromatic N) is 2. The lowest BCUT2D eigenvalue weighted by molar-refractivity contribution is -0.383. The number of fused-ring (bicyclic) bond motifs is 1. The molecule has 1 amide bonds. The molecule has 8 heteroatoms. The molecule has 0 bridgehead atoms. The zero-order valence-corrected chi connectivity index (χ0v) is 16.8. The first kappa shape index (κ1) is 21.2. The molecule has 7 nitrogen and oxygen atoms in total. The molecule has 0 heterocycles. The zero-order chi connectivity index (χ0) is 20.8. The van der Waals surface area contributed by atoms with Crippen LogP contribution in [0.5, 0.6) is 0 Å². The minimum absolute atomic E-state index is 0.0368. The Balaban J connectivity index is 1.78. The minimum Gasteiger partial charge on any atom is -0.396 e. The van der Waals surface area contributed by atoms with Gasteiger partial charge in [-0.25, -0.2) is 0 Å². The topological polar surface area (TPSA) is 95.7 Å². The van der Waals surface area contributed by atoms with E-state index in [4.69, 9.17) is 11.6 Å². The molecule has 3 rings (SSSR count). The number of halogens is 1. The fraction of sp³-hybridized carbons (Fsp3) is 0.381. The molecule has 0 spiro atoms. The molecule has 2 aromatic carbocycles. The third-order valence-corrected chi connectivity index (χ3v) is 5.39. The number of benzene rings is 2. The van der Waals surface area contributed by atoms with Gasteiger partial charge in [0.2, 0.25) is 5.91 Å². The van der Waals surface area contributed by atoms with Crippen LogP contribution in [0.3, 0.4) is 0 Å². The van der Waals surface area contributed by atoms with E-state index in [2.05, 4.69) is 17.4 Å². The number of amides is 1. The highest BCUT2D eigenvalue weighted by molar-refractivity contribution is 6.31. The third-order valence-electron chi connectivity index (χ3n) is 5.16. The van der Waals surface area contributed by atoms with Crippen molar-refractivity contribution in [2.45, 2.75) is 31.7 Å². The van der Waals surface area contributed by atoms with Gasteiger partial charge in [-0.2, -0.15) is 0 Å². The number of aliphatic hydroxyl groups excluding tert-OH is 1. The molecule has 0 radical (unpaired) electrons. The van der Waals surface area contributed by atoms with Crippen LogP contribution in [0.4, 0.5) is 11.4 Å². The average Bonchev–Trinajstić information content (AvgIpc) is 2.72. The molecule has 0 fully saturated rings. The van der Waals surface area contributed by atoms with Crippen molar-refractivity contribution in [2.75, 3.05) is 25.0 Å². The van der Waals surface area contributed by atoms with Crippen LogP contribution in [0.25, 0.3) is 0 Å². The number of nitro groups is 1. The van der Waals surface area contributed by atoms with Gasteiger partial charge in [-0.15, -0.1) is 0 Å². The van der Waals surface area contributed by atoms with Crippen molar-refractivity contribution in [1.29, 1.82) is 0 Å². The molecule has 0 saturated carbocycles. The second kappa shape index (κ2) is 9.82. The number of anilines is 1. The quantitative estimate of drug-likeness (QED) is 0.500. The molecule has 0 saturated heterocycles. The molecular weight excluding hydrogens is 394 g/mol. The Labute approximate surface area is 174 Å². The van der Waals surface area contributed by atoms with Gasteiger partial charge in [-0.3, -0.25) is 19.8 Å². The van der Waals surface area contributed by atoms with Gasteiger partial charge in [0.05, 0.1) is 11.5 Å². The fourth-order valence-corrected chi connectivity index (χ4v) is 4.03. The summed E-state index contributed by atoms with van der Waals surface area (Å²) in [4.78, 5) is 25.5. The van der Waals surface area contributed by atoms with Crippen LogP contribution in [-0.4, -0.2) is 40.5 Å². The van der Waals surface area contributed by atoms with Crippen molar-refractivity contribution in [2.24, 2.45) is 0 Å². The van der Waals surface area contributed by atoms with E-state index >= 15 is 0 Å². The zero-order valence-electron chi connectivity index (χ0n) is 16.0. The van der Waals surface area contributed by atoms with E-state index in [-0.39, 0.29) is 41.5 Å². The van der Waals surface area contributed by atoms with E-state index in [9.17, 15) is 20.0 Å². The van der Waals surface area contributed by atoms with Crippen molar-refractivity contribution in [3.05, 3.63) is 68.7 Å². The first-order valence-electron chi connectivity index (χ1n) is 9.66. The number of aryl methyl sites for hydroxylation is 1. The summed E-state index contributed by atoms with van der Waals surface area (Å²) in [6.07, 6.45) is 3.52. The first-order valence-corrected chi connectivity index (χ1v) is 10.0. The van der Waals surface area contributed by atoms with Gasteiger partial charge in [0.25, 0.3) is 5.69 Å². The van der Waals surface area contributed by atoms with Crippen LogP contribution in [0.1, 0.15) is 36.4 Å². The van der Waals surface area contributed by atoms with Gasteiger partial charge in [-0.05, 0) is 48.9 Å². The maximum Gasteiger partial charge on any atom is 0.294 e. The van der Waals surface area contributed by atoms with Crippen molar-refractivity contribution in [1.82, 2.24) is 4.90 Å². The molecule has 2 aromatic rings. The maximum absolute atomic E-state index is 12.7. The minimum atomic E-state index is -0.567. The van der Waals surface area contributed by atoms with Crippen molar-refractivity contribution < 1.29 is 14.8 Å². The SMILES string of the molecule is O=C(CN(CCCO)C1CCCc2ccccc21)Nc1ccc(Cl)cc1[N+](=O)[O-]. The van der Waals surface area contributed by atoms with E-state index in [0.29, 0.717) is 13.0 Å². The summed E-state index contributed by atoms with van der Waals surface area (Å²) in [6, 6.07) is 12.5. The summed E-state index contributed by atoms with van der Waals surface area (Å²) in [7, 11) is 0. The molecule has 154 valence electrons. The van der Waals surface area contributed by atoms with Crippen LogP contribution >= 0.6 is 11.6 Å². The molecule has 1 aliphatic carbocycles. The summed E-state index contributed by atoms with van der Waals surface area (Å²) in [6.45, 7) is 0.680. The van der Waals surface area contributed by atoms with Crippen molar-refractivity contribution in [3.63, 3.8) is 0 Å². The summed E-state index contributed by atoms with van der Waals surface area (Å²) < 4.78 is 0. The second-order valence-electron chi connectivity index (χ2n) is 7.12. The van der Waals surface area contributed by atoms with Gasteiger partial charge in [0.1, 0.15) is 5.69 Å². The van der Waals surface area contributed by atoms with Crippen LogP contribution in [0.15, 0.2) is 42.5 Å². The summed E-state index contributed by atoms with van der Waals surface area (Å²) in [5.41, 5.74) is 2.37. The number of hydrogen-bond donors (Lipinski definition) is 2. The van der Waals surface area contributed by atoms with Crippen LogP contribution in [-0.2, 0) is 11.2 Å². The van der Waals surface area contributed by atoms with Gasteiger partial charge < -0.3 is 10.4 Å². The number of aliphatic hydroxyl groups is 1. The molecule has 0 aliphatic heterocycles. The summed E-state index contributed by atoms with van der Waals surface area (Å²) in [5.74, 6) is -0.337. The third kappa shape index (κ3) is 5.32. The van der Waals surface area contributed by atoms with E-state index in [0.717, 1.165) is 19.3 Å². The number of rotatable bonds is 8. The maximum atomic E-state index is 12.7. The van der Waals surface area contributed by atoms with Crippen LogP contribution in [0, 0.1) is 10.1 Å². The lowest BCUT2D eigenvalue weighted by Gasteiger charge is -2.35. The Morgan fingerprint density at radius 3 is 2.86 bits per heavy atom. The van der Waals surface area contributed by atoms with Gasteiger partial charge in [0.15, 0.2) is 0 Å². The smallest absolute Gasteiger partial charge is 0.294 e. The van der Waals surface area contributed by atoms with E-state index < -0.39 is 4.92 Å². The molecular formula is C21H24ClN3O4. The van der Waals surface area contributed by atoms with Gasteiger partial charge in [-0.1, -0.05) is 35.9 Å². The van der Waals surface area contributed by atoms with Gasteiger partial charge >= 0.3 is 0 Å². The van der Waals surface area contributed by atoms with E-state index in [1.165, 1.54) is 29.3 Å². The Kier molecular flexibility index (Phi) is 7.19. The number of hydrogen-bond acceptors (Lipinski definition) is 5. The van der Waals surface area contributed by atoms with E-state index in [1.807, 2.05) is 17.0 Å². The molecule has 29 heavy (non-hydrogen) atoms. The highest BCUT2D eigenvalue weighted by atomic mass is 35.5. The largest absolute Gasteiger partial charge is 0.396 e. The highest BCUT2D eigenvalue weighted by Gasteiger charge is 2.27. The lowest BCUT2D eigenvalue weighted by atomic mass is 9.86. The normalized spacial score (nSPS) is 15.8. The predicted octanol–water partition coefficient (Wildman–Crippen LogP) is 3.95. The Morgan fingerprint density at radius 1 is 1.31 bits per heavy atom. The fourth-order valence-electron chi connectivity index (χ4n) is 3.86. The number of carbonyl (C=O) groups is 1. The first-order chi connectivity index (χ1) is 14.0. The molecule has 1 atom stereocenters. The van der Waals surface area contributed by atoms with Crippen LogP contribution in [0.2, 0.25) is 5.02 Å². The lowest BCUT2D eigenvalue weighted by Crippen LogP contribution is -2.38. The number of nitro benzene ring substituents is 1. The monoisotopic (exact) mass is 417 g/mol. The average molecular weight is 418 g/mol. The number of carbonyl (C=O) groups excluding carboxylic acids is 1. The molecule has 1 unspecified atom stereocenters. The standard InChI is InChI=1S/C21H24ClN3O4/c22-16-9-10-18(20(13-16)25(28)29)23-21(27)14-24(11-4-12-26)19-8-3-6-15-5-1-2-7-17(15)19/h1-2,5,7,9-10,13,19,26H,3-4,6,8,11-12,14H2,(H,23,27). The van der Waals surface area contributed by atoms with Crippen molar-refractivity contribution >= 4 is 28.9 Å².